The SMILES string of the molecule is CC1(C)NC(=O)C(C)(c2ccccc2)N(C/C=C/Cl)C1=O. The standard InChI is InChI=1S/C16H19ClN2O2/c1-15(2)14(21)19(11-7-10-17)16(3,13(20)18-15)12-8-5-4-6-9-12/h4-10H,11H2,1-3H3,(H,18,20)/b10-7+. The first-order chi connectivity index (χ1) is 9.84. The molecule has 0 radical (unpaired) electrons. The first kappa shape index (κ1) is 15.6. The van der Waals surface area contributed by atoms with Crippen LogP contribution in [-0.4, -0.2) is 28.8 Å². The van der Waals surface area contributed by atoms with Crippen LogP contribution in [0.3, 0.4) is 0 Å². The molecule has 5 heteroatoms. The lowest BCUT2D eigenvalue weighted by molar-refractivity contribution is -0.160. The molecule has 1 heterocycles. The second kappa shape index (κ2) is 5.53. The van der Waals surface area contributed by atoms with E-state index in [4.69, 9.17) is 11.6 Å². The van der Waals surface area contributed by atoms with Crippen LogP contribution in [0.15, 0.2) is 41.9 Å². The Balaban J connectivity index is 2.54. The minimum Gasteiger partial charge on any atom is -0.340 e. The van der Waals surface area contributed by atoms with Crippen molar-refractivity contribution in [3.05, 3.63) is 47.5 Å². The van der Waals surface area contributed by atoms with Gasteiger partial charge in [-0.25, -0.2) is 0 Å². The Morgan fingerprint density at radius 2 is 1.81 bits per heavy atom. The Hall–Kier alpha value is -1.81. The fraction of sp³-hybridized carbons (Fsp3) is 0.375. The van der Waals surface area contributed by atoms with Gasteiger partial charge in [0.05, 0.1) is 0 Å². The predicted molar refractivity (Wildman–Crippen MR) is 82.7 cm³/mol. The van der Waals surface area contributed by atoms with Crippen LogP contribution in [0.2, 0.25) is 0 Å². The van der Waals surface area contributed by atoms with Crippen LogP contribution in [0.5, 0.6) is 0 Å². The smallest absolute Gasteiger partial charge is 0.251 e. The first-order valence-corrected chi connectivity index (χ1v) is 7.23. The van der Waals surface area contributed by atoms with E-state index in [1.165, 1.54) is 5.54 Å². The number of nitrogens with zero attached hydrogens (tertiary/aromatic N) is 1. The number of benzene rings is 1. The van der Waals surface area contributed by atoms with Gasteiger partial charge in [-0.05, 0) is 26.3 Å². The van der Waals surface area contributed by atoms with E-state index >= 15 is 0 Å². The number of piperazine rings is 1. The summed E-state index contributed by atoms with van der Waals surface area (Å²) in [5.41, 5.74) is 0.155. The minimum absolute atomic E-state index is 0.136. The third-order valence-electron chi connectivity index (χ3n) is 3.90. The molecule has 2 rings (SSSR count). The van der Waals surface area contributed by atoms with E-state index in [0.717, 1.165) is 5.56 Å². The number of hydrogen-bond acceptors (Lipinski definition) is 2. The highest BCUT2D eigenvalue weighted by Crippen LogP contribution is 2.34. The Morgan fingerprint density at radius 3 is 2.38 bits per heavy atom. The van der Waals surface area contributed by atoms with E-state index in [1.54, 1.807) is 31.7 Å². The van der Waals surface area contributed by atoms with E-state index in [0.29, 0.717) is 0 Å². The van der Waals surface area contributed by atoms with Crippen molar-refractivity contribution >= 4 is 23.4 Å². The molecular weight excluding hydrogens is 288 g/mol. The van der Waals surface area contributed by atoms with E-state index in [-0.39, 0.29) is 18.4 Å². The quantitative estimate of drug-likeness (QED) is 0.932. The molecule has 0 bridgehead atoms. The molecule has 1 aliphatic rings. The van der Waals surface area contributed by atoms with Crippen molar-refractivity contribution in [2.45, 2.75) is 31.8 Å². The fourth-order valence-corrected chi connectivity index (χ4v) is 2.66. The fourth-order valence-electron chi connectivity index (χ4n) is 2.58. The van der Waals surface area contributed by atoms with Crippen molar-refractivity contribution in [1.29, 1.82) is 0 Å². The van der Waals surface area contributed by atoms with Crippen LogP contribution in [0, 0.1) is 0 Å². The zero-order valence-corrected chi connectivity index (χ0v) is 13.1. The van der Waals surface area contributed by atoms with Gasteiger partial charge in [0.2, 0.25) is 5.91 Å². The van der Waals surface area contributed by atoms with Gasteiger partial charge < -0.3 is 10.2 Å². The molecule has 0 saturated carbocycles. The summed E-state index contributed by atoms with van der Waals surface area (Å²) >= 11 is 5.60. The molecule has 112 valence electrons. The normalized spacial score (nSPS) is 25.2. The second-order valence-electron chi connectivity index (χ2n) is 5.79. The lowest BCUT2D eigenvalue weighted by Crippen LogP contribution is -2.71. The molecule has 0 aromatic heterocycles. The highest BCUT2D eigenvalue weighted by molar-refractivity contribution is 6.25. The average Bonchev–Trinajstić information content (AvgIpc) is 2.46. The minimum atomic E-state index is -1.05. The average molecular weight is 307 g/mol. The molecule has 1 saturated heterocycles. The number of hydrogen-bond donors (Lipinski definition) is 1. The van der Waals surface area contributed by atoms with Crippen molar-refractivity contribution in [2.24, 2.45) is 0 Å². The van der Waals surface area contributed by atoms with Gasteiger partial charge >= 0.3 is 0 Å². The largest absolute Gasteiger partial charge is 0.340 e. The highest BCUT2D eigenvalue weighted by Gasteiger charge is 2.53. The number of nitrogens with one attached hydrogen (secondary N) is 1. The summed E-state index contributed by atoms with van der Waals surface area (Å²) in [4.78, 5) is 27.0. The summed E-state index contributed by atoms with van der Waals surface area (Å²) in [6, 6.07) is 9.29. The molecule has 0 aliphatic carbocycles. The maximum atomic E-state index is 12.7. The Morgan fingerprint density at radius 1 is 1.19 bits per heavy atom. The van der Waals surface area contributed by atoms with Crippen molar-refractivity contribution in [3.8, 4) is 0 Å². The zero-order chi connectivity index (χ0) is 15.7. The summed E-state index contributed by atoms with van der Waals surface area (Å²) in [7, 11) is 0. The topological polar surface area (TPSA) is 49.4 Å². The summed E-state index contributed by atoms with van der Waals surface area (Å²) in [5.74, 6) is -0.329. The van der Waals surface area contributed by atoms with E-state index in [2.05, 4.69) is 5.32 Å². The summed E-state index contributed by atoms with van der Waals surface area (Å²) < 4.78 is 0. The van der Waals surface area contributed by atoms with Crippen molar-refractivity contribution in [2.75, 3.05) is 6.54 Å². The lowest BCUT2D eigenvalue weighted by Gasteiger charge is -2.49. The first-order valence-electron chi connectivity index (χ1n) is 6.79. The van der Waals surface area contributed by atoms with Crippen molar-refractivity contribution in [3.63, 3.8) is 0 Å². The molecule has 1 unspecified atom stereocenters. The highest BCUT2D eigenvalue weighted by atomic mass is 35.5. The predicted octanol–water partition coefficient (Wildman–Crippen LogP) is 2.39. The van der Waals surface area contributed by atoms with Gasteiger partial charge in [-0.2, -0.15) is 0 Å². The number of carbonyl (C=O) groups is 2. The molecular formula is C16H19ClN2O2. The molecule has 1 aromatic rings. The number of amides is 2. The molecule has 1 atom stereocenters. The maximum Gasteiger partial charge on any atom is 0.251 e. The summed E-state index contributed by atoms with van der Waals surface area (Å²) in [6.45, 7) is 5.45. The Kier molecular flexibility index (Phi) is 4.10. The van der Waals surface area contributed by atoms with E-state index in [9.17, 15) is 9.59 Å². The van der Waals surface area contributed by atoms with Gasteiger partial charge in [0.15, 0.2) is 0 Å². The number of halogens is 1. The summed E-state index contributed by atoms with van der Waals surface area (Å²) in [5, 5.41) is 2.81. The van der Waals surface area contributed by atoms with Crippen molar-refractivity contribution < 1.29 is 9.59 Å². The lowest BCUT2D eigenvalue weighted by atomic mass is 9.83. The molecule has 0 spiro atoms. The number of carbonyl (C=O) groups excluding carboxylic acids is 2. The van der Waals surface area contributed by atoms with Crippen LogP contribution in [-0.2, 0) is 15.1 Å². The van der Waals surface area contributed by atoms with Gasteiger partial charge in [0.1, 0.15) is 11.1 Å². The van der Waals surface area contributed by atoms with Crippen LogP contribution in [0.4, 0.5) is 0 Å². The van der Waals surface area contributed by atoms with Gasteiger partial charge in [-0.15, -0.1) is 0 Å². The number of rotatable bonds is 3. The molecule has 4 nitrogen and oxygen atoms in total. The molecule has 1 aromatic carbocycles. The van der Waals surface area contributed by atoms with Crippen molar-refractivity contribution in [1.82, 2.24) is 10.2 Å². The maximum absolute atomic E-state index is 12.7. The van der Waals surface area contributed by atoms with Gasteiger partial charge in [-0.1, -0.05) is 48.0 Å². The van der Waals surface area contributed by atoms with Gasteiger partial charge in [0.25, 0.3) is 5.91 Å². The molecule has 21 heavy (non-hydrogen) atoms. The molecule has 1 N–H and O–H groups in total. The second-order valence-corrected chi connectivity index (χ2v) is 6.05. The van der Waals surface area contributed by atoms with Gasteiger partial charge in [0, 0.05) is 12.1 Å². The Labute approximate surface area is 129 Å². The molecule has 2 amide bonds. The van der Waals surface area contributed by atoms with Crippen LogP contribution in [0.1, 0.15) is 26.3 Å². The Bertz CT molecular complexity index is 583. The summed E-state index contributed by atoms with van der Waals surface area (Å²) in [6.07, 6.45) is 1.66. The van der Waals surface area contributed by atoms with Gasteiger partial charge in [-0.3, -0.25) is 9.59 Å². The third kappa shape index (κ3) is 2.56. The van der Waals surface area contributed by atoms with Crippen LogP contribution < -0.4 is 5.32 Å². The monoisotopic (exact) mass is 306 g/mol. The van der Waals surface area contributed by atoms with E-state index in [1.807, 2.05) is 30.3 Å². The third-order valence-corrected chi connectivity index (χ3v) is 4.08. The van der Waals surface area contributed by atoms with Crippen LogP contribution >= 0.6 is 11.6 Å². The molecule has 1 fully saturated rings. The molecule has 1 aliphatic heterocycles. The zero-order valence-electron chi connectivity index (χ0n) is 12.4. The van der Waals surface area contributed by atoms with Crippen LogP contribution in [0.25, 0.3) is 0 Å². The van der Waals surface area contributed by atoms with E-state index < -0.39 is 11.1 Å².